The predicted molar refractivity (Wildman–Crippen MR) is 60.5 cm³/mol. The van der Waals surface area contributed by atoms with Gasteiger partial charge in [0.05, 0.1) is 0 Å². The van der Waals surface area contributed by atoms with Gasteiger partial charge < -0.3 is 10.2 Å². The largest absolute Gasteiger partial charge is 0.311 e. The molecule has 0 aromatic heterocycles. The molecule has 1 saturated heterocycles. The van der Waals surface area contributed by atoms with Gasteiger partial charge in [-0.2, -0.15) is 0 Å². The van der Waals surface area contributed by atoms with Crippen molar-refractivity contribution in [3.8, 4) is 0 Å². The molecule has 2 aliphatic rings. The first-order valence-electron chi connectivity index (χ1n) is 6.18. The number of rotatable bonds is 2. The van der Waals surface area contributed by atoms with Crippen molar-refractivity contribution in [2.45, 2.75) is 51.1 Å². The summed E-state index contributed by atoms with van der Waals surface area (Å²) in [6.45, 7) is 4.93. The Morgan fingerprint density at radius 2 is 1.86 bits per heavy atom. The fraction of sp³-hybridized carbons (Fsp3) is 1.00. The van der Waals surface area contributed by atoms with Gasteiger partial charge >= 0.3 is 0 Å². The van der Waals surface area contributed by atoms with Gasteiger partial charge in [0.25, 0.3) is 0 Å². The fourth-order valence-electron chi connectivity index (χ4n) is 2.78. The van der Waals surface area contributed by atoms with Crippen LogP contribution >= 0.6 is 0 Å². The summed E-state index contributed by atoms with van der Waals surface area (Å²) in [4.78, 5) is 2.46. The molecule has 2 heteroatoms. The number of hydrogen-bond donors (Lipinski definition) is 1. The van der Waals surface area contributed by atoms with Crippen molar-refractivity contribution >= 4 is 0 Å². The molecule has 82 valence electrons. The summed E-state index contributed by atoms with van der Waals surface area (Å²) in [5.41, 5.74) is 0. The van der Waals surface area contributed by atoms with E-state index in [4.69, 9.17) is 0 Å². The first-order valence-corrected chi connectivity index (χ1v) is 6.18. The summed E-state index contributed by atoms with van der Waals surface area (Å²) >= 11 is 0. The normalized spacial score (nSPS) is 40.3. The Hall–Kier alpha value is -0.0800. The maximum absolute atomic E-state index is 3.82. The zero-order chi connectivity index (χ0) is 9.97. The smallest absolute Gasteiger partial charge is 0.00823 e. The van der Waals surface area contributed by atoms with Crippen LogP contribution in [-0.2, 0) is 0 Å². The minimum Gasteiger partial charge on any atom is -0.311 e. The molecule has 1 atom stereocenters. The lowest BCUT2D eigenvalue weighted by Gasteiger charge is -2.36. The van der Waals surface area contributed by atoms with Crippen LogP contribution in [0.15, 0.2) is 0 Å². The van der Waals surface area contributed by atoms with E-state index < -0.39 is 0 Å². The van der Waals surface area contributed by atoms with Crippen molar-refractivity contribution in [1.82, 2.24) is 10.2 Å². The lowest BCUT2D eigenvalue weighted by molar-refractivity contribution is 0.215. The van der Waals surface area contributed by atoms with E-state index in [0.29, 0.717) is 0 Å². The van der Waals surface area contributed by atoms with Crippen LogP contribution in [-0.4, -0.2) is 37.1 Å². The standard InChI is InChI=1S/C12H24N2/c1-10-8-12(9-10)13-11-4-3-6-14(2)7-5-11/h10-13H,3-9H2,1-2H3. The number of nitrogens with zero attached hydrogens (tertiary/aromatic N) is 1. The summed E-state index contributed by atoms with van der Waals surface area (Å²) in [7, 11) is 2.24. The van der Waals surface area contributed by atoms with Gasteiger partial charge in [0, 0.05) is 12.1 Å². The van der Waals surface area contributed by atoms with Crippen LogP contribution in [0.3, 0.4) is 0 Å². The van der Waals surface area contributed by atoms with Crippen LogP contribution < -0.4 is 5.32 Å². The SMILES string of the molecule is CC1CC(NC2CCCN(C)CC2)C1. The minimum atomic E-state index is 0.803. The molecule has 0 aromatic carbocycles. The van der Waals surface area contributed by atoms with Gasteiger partial charge in [-0.3, -0.25) is 0 Å². The molecular weight excluding hydrogens is 172 g/mol. The Balaban J connectivity index is 1.69. The van der Waals surface area contributed by atoms with Crippen molar-refractivity contribution in [3.05, 3.63) is 0 Å². The molecule has 2 nitrogen and oxygen atoms in total. The highest BCUT2D eigenvalue weighted by Gasteiger charge is 2.27. The third-order valence-electron chi connectivity index (χ3n) is 3.80. The van der Waals surface area contributed by atoms with Gasteiger partial charge in [0.1, 0.15) is 0 Å². The quantitative estimate of drug-likeness (QED) is 0.725. The van der Waals surface area contributed by atoms with E-state index in [1.165, 1.54) is 45.2 Å². The van der Waals surface area contributed by atoms with Crippen LogP contribution in [0.1, 0.15) is 39.0 Å². The third-order valence-corrected chi connectivity index (χ3v) is 3.80. The summed E-state index contributed by atoms with van der Waals surface area (Å²) in [6, 6.07) is 1.65. The van der Waals surface area contributed by atoms with Gasteiger partial charge in [-0.15, -0.1) is 0 Å². The molecule has 0 spiro atoms. The monoisotopic (exact) mass is 196 g/mol. The molecule has 0 amide bonds. The molecule has 0 aromatic rings. The van der Waals surface area contributed by atoms with Crippen LogP contribution in [0.4, 0.5) is 0 Å². The molecule has 2 rings (SSSR count). The van der Waals surface area contributed by atoms with Crippen molar-refractivity contribution in [2.75, 3.05) is 20.1 Å². The van der Waals surface area contributed by atoms with Crippen molar-refractivity contribution in [1.29, 1.82) is 0 Å². The third kappa shape index (κ3) is 2.71. The molecule has 1 aliphatic carbocycles. The van der Waals surface area contributed by atoms with Crippen LogP contribution in [0.5, 0.6) is 0 Å². The molecule has 14 heavy (non-hydrogen) atoms. The van der Waals surface area contributed by atoms with Gasteiger partial charge in [0.15, 0.2) is 0 Å². The zero-order valence-corrected chi connectivity index (χ0v) is 9.63. The van der Waals surface area contributed by atoms with Crippen LogP contribution in [0.25, 0.3) is 0 Å². The second-order valence-corrected chi connectivity index (χ2v) is 5.37. The maximum Gasteiger partial charge on any atom is 0.00823 e. The molecule has 0 bridgehead atoms. The Morgan fingerprint density at radius 1 is 1.07 bits per heavy atom. The highest BCUT2D eigenvalue weighted by Crippen LogP contribution is 2.27. The average Bonchev–Trinajstić information content (AvgIpc) is 2.29. The van der Waals surface area contributed by atoms with E-state index in [-0.39, 0.29) is 0 Å². The summed E-state index contributed by atoms with van der Waals surface area (Å²) in [5, 5.41) is 3.82. The first kappa shape index (κ1) is 10.4. The van der Waals surface area contributed by atoms with Crippen molar-refractivity contribution < 1.29 is 0 Å². The first-order chi connectivity index (χ1) is 6.74. The summed E-state index contributed by atoms with van der Waals surface area (Å²) in [6.07, 6.45) is 6.92. The Bertz CT molecular complexity index is 175. The predicted octanol–water partition coefficient (Wildman–Crippen LogP) is 1.86. The maximum atomic E-state index is 3.82. The number of hydrogen-bond acceptors (Lipinski definition) is 2. The van der Waals surface area contributed by atoms with Gasteiger partial charge in [-0.05, 0) is 58.2 Å². The number of likely N-dealkylation sites (tertiary alicyclic amines) is 1. The molecule has 0 radical (unpaired) electrons. The second kappa shape index (κ2) is 4.63. The zero-order valence-electron chi connectivity index (χ0n) is 9.63. The second-order valence-electron chi connectivity index (χ2n) is 5.37. The van der Waals surface area contributed by atoms with Crippen molar-refractivity contribution in [3.63, 3.8) is 0 Å². The van der Waals surface area contributed by atoms with E-state index in [2.05, 4.69) is 24.2 Å². The summed E-state index contributed by atoms with van der Waals surface area (Å²) in [5.74, 6) is 0.973. The van der Waals surface area contributed by atoms with Gasteiger partial charge in [-0.25, -0.2) is 0 Å². The van der Waals surface area contributed by atoms with Crippen molar-refractivity contribution in [2.24, 2.45) is 5.92 Å². The van der Waals surface area contributed by atoms with Gasteiger partial charge in [0.2, 0.25) is 0 Å². The molecular formula is C12H24N2. The van der Waals surface area contributed by atoms with E-state index in [0.717, 1.165) is 18.0 Å². The van der Waals surface area contributed by atoms with Gasteiger partial charge in [-0.1, -0.05) is 6.92 Å². The van der Waals surface area contributed by atoms with E-state index in [9.17, 15) is 0 Å². The average molecular weight is 196 g/mol. The Morgan fingerprint density at radius 3 is 2.57 bits per heavy atom. The number of nitrogens with one attached hydrogen (secondary N) is 1. The topological polar surface area (TPSA) is 15.3 Å². The van der Waals surface area contributed by atoms with E-state index in [1.807, 2.05) is 0 Å². The van der Waals surface area contributed by atoms with Crippen LogP contribution in [0, 0.1) is 5.92 Å². The lowest BCUT2D eigenvalue weighted by atomic mass is 9.81. The van der Waals surface area contributed by atoms with Crippen LogP contribution in [0.2, 0.25) is 0 Å². The Labute approximate surface area is 88.1 Å². The minimum absolute atomic E-state index is 0.803. The molecule has 1 aliphatic heterocycles. The highest BCUT2D eigenvalue weighted by atomic mass is 15.1. The molecule has 1 heterocycles. The molecule has 1 unspecified atom stereocenters. The Kier molecular flexibility index (Phi) is 3.45. The summed E-state index contributed by atoms with van der Waals surface area (Å²) < 4.78 is 0. The molecule has 1 saturated carbocycles. The fourth-order valence-corrected chi connectivity index (χ4v) is 2.78. The molecule has 1 N–H and O–H groups in total. The lowest BCUT2D eigenvalue weighted by Crippen LogP contribution is -2.45. The molecule has 2 fully saturated rings. The van der Waals surface area contributed by atoms with E-state index >= 15 is 0 Å². The highest BCUT2D eigenvalue weighted by molar-refractivity contribution is 4.86. The van der Waals surface area contributed by atoms with E-state index in [1.54, 1.807) is 0 Å².